The molecule has 166 valence electrons. The van der Waals surface area contributed by atoms with Gasteiger partial charge in [0.15, 0.2) is 0 Å². The first-order valence-corrected chi connectivity index (χ1v) is 11.3. The number of benzene rings is 3. The number of aryl methyl sites for hydroxylation is 2. The molecule has 5 rings (SSSR count). The van der Waals surface area contributed by atoms with E-state index in [4.69, 9.17) is 4.98 Å². The van der Waals surface area contributed by atoms with Crippen LogP contribution in [0.25, 0.3) is 33.2 Å². The van der Waals surface area contributed by atoms with E-state index >= 15 is 0 Å². The fraction of sp³-hybridized carbons (Fsp3) is 0.100. The van der Waals surface area contributed by atoms with Gasteiger partial charge in [-0.15, -0.1) is 0 Å². The summed E-state index contributed by atoms with van der Waals surface area (Å²) in [4.78, 5) is 22.3. The van der Waals surface area contributed by atoms with Crippen molar-refractivity contribution in [1.29, 1.82) is 0 Å². The zero-order valence-corrected chi connectivity index (χ0v) is 19.2. The maximum Gasteiger partial charge on any atom is 0.253 e. The number of hydrogen-bond donors (Lipinski definition) is 1. The van der Waals surface area contributed by atoms with Crippen molar-refractivity contribution in [3.05, 3.63) is 120 Å². The van der Waals surface area contributed by atoms with E-state index in [0.717, 1.165) is 27.6 Å². The topological polar surface area (TPSA) is 54.9 Å². The van der Waals surface area contributed by atoms with Gasteiger partial charge in [0.1, 0.15) is 0 Å². The molecule has 1 N–H and O–H groups in total. The van der Waals surface area contributed by atoms with E-state index in [1.165, 1.54) is 16.5 Å². The van der Waals surface area contributed by atoms with Gasteiger partial charge in [0.2, 0.25) is 0 Å². The van der Waals surface area contributed by atoms with Gasteiger partial charge in [-0.1, -0.05) is 65.7 Å². The fourth-order valence-corrected chi connectivity index (χ4v) is 4.30. The lowest BCUT2D eigenvalue weighted by Crippen LogP contribution is -2.24. The first kappa shape index (κ1) is 21.5. The molecule has 0 radical (unpaired) electrons. The van der Waals surface area contributed by atoms with Crippen LogP contribution >= 0.6 is 0 Å². The summed E-state index contributed by atoms with van der Waals surface area (Å²) in [5.41, 5.74) is 7.32. The van der Waals surface area contributed by atoms with Crippen molar-refractivity contribution in [2.75, 3.05) is 0 Å². The van der Waals surface area contributed by atoms with Gasteiger partial charge in [0, 0.05) is 36.3 Å². The van der Waals surface area contributed by atoms with Gasteiger partial charge in [-0.3, -0.25) is 14.8 Å². The maximum atomic E-state index is 13.4. The molecule has 0 fully saturated rings. The Morgan fingerprint density at radius 2 is 1.56 bits per heavy atom. The molecule has 0 saturated carbocycles. The normalized spacial score (nSPS) is 10.9. The lowest BCUT2D eigenvalue weighted by atomic mass is 9.98. The van der Waals surface area contributed by atoms with Crippen molar-refractivity contribution in [3.63, 3.8) is 0 Å². The molecule has 4 nitrogen and oxygen atoms in total. The summed E-state index contributed by atoms with van der Waals surface area (Å²) in [6.07, 6.45) is 5.28. The summed E-state index contributed by atoms with van der Waals surface area (Å²) in [6.45, 7) is 4.58. The third kappa shape index (κ3) is 4.57. The number of carbonyl (C=O) groups excluding carboxylic acids is 1. The number of hydrogen-bond acceptors (Lipinski definition) is 3. The Bertz CT molecular complexity index is 1470. The molecule has 4 heteroatoms. The summed E-state index contributed by atoms with van der Waals surface area (Å²) >= 11 is 0. The minimum atomic E-state index is -0.161. The van der Waals surface area contributed by atoms with E-state index in [1.54, 1.807) is 12.4 Å². The van der Waals surface area contributed by atoms with E-state index in [-0.39, 0.29) is 5.91 Å². The highest BCUT2D eigenvalue weighted by Gasteiger charge is 2.16. The van der Waals surface area contributed by atoms with Crippen LogP contribution in [0.1, 0.15) is 27.0 Å². The summed E-state index contributed by atoms with van der Waals surface area (Å²) in [6, 6.07) is 26.5. The second-order valence-corrected chi connectivity index (χ2v) is 8.60. The average Bonchev–Trinajstić information content (AvgIpc) is 2.86. The second kappa shape index (κ2) is 9.28. The second-order valence-electron chi connectivity index (χ2n) is 8.60. The molecular weight excluding hydrogens is 418 g/mol. The van der Waals surface area contributed by atoms with E-state index < -0.39 is 0 Å². The van der Waals surface area contributed by atoms with Crippen LogP contribution in [-0.4, -0.2) is 15.9 Å². The quantitative estimate of drug-likeness (QED) is 0.337. The Kier molecular flexibility index (Phi) is 5.88. The molecule has 1 amide bonds. The van der Waals surface area contributed by atoms with Crippen molar-refractivity contribution < 1.29 is 4.79 Å². The molecule has 0 saturated heterocycles. The third-order valence-electron chi connectivity index (χ3n) is 5.89. The number of nitrogens with one attached hydrogen (secondary N) is 1. The minimum Gasteiger partial charge on any atom is -0.348 e. The van der Waals surface area contributed by atoms with E-state index in [9.17, 15) is 4.79 Å². The molecule has 0 spiro atoms. The Morgan fingerprint density at radius 3 is 2.32 bits per heavy atom. The van der Waals surface area contributed by atoms with Crippen LogP contribution in [-0.2, 0) is 6.54 Å². The number of amides is 1. The molecular formula is C30H25N3O. The molecule has 0 aliphatic carbocycles. The monoisotopic (exact) mass is 443 g/mol. The molecule has 2 aromatic heterocycles. The maximum absolute atomic E-state index is 13.4. The van der Waals surface area contributed by atoms with Gasteiger partial charge in [0.25, 0.3) is 5.91 Å². The van der Waals surface area contributed by atoms with E-state index in [1.807, 2.05) is 36.5 Å². The van der Waals surface area contributed by atoms with Crippen LogP contribution < -0.4 is 5.32 Å². The zero-order valence-electron chi connectivity index (χ0n) is 19.2. The van der Waals surface area contributed by atoms with Crippen LogP contribution in [0, 0.1) is 13.8 Å². The van der Waals surface area contributed by atoms with Crippen molar-refractivity contribution in [1.82, 2.24) is 15.3 Å². The van der Waals surface area contributed by atoms with Gasteiger partial charge in [-0.25, -0.2) is 0 Å². The Morgan fingerprint density at radius 1 is 0.765 bits per heavy atom. The molecule has 0 bridgehead atoms. The highest BCUT2D eigenvalue weighted by atomic mass is 16.1. The van der Waals surface area contributed by atoms with E-state index in [2.05, 4.69) is 72.7 Å². The average molecular weight is 444 g/mol. The first-order chi connectivity index (χ1) is 16.6. The minimum absolute atomic E-state index is 0.161. The summed E-state index contributed by atoms with van der Waals surface area (Å²) < 4.78 is 0. The molecule has 3 aromatic carbocycles. The third-order valence-corrected chi connectivity index (χ3v) is 5.89. The van der Waals surface area contributed by atoms with Crippen LogP contribution in [0.3, 0.4) is 0 Å². The predicted octanol–water partition coefficient (Wildman–Crippen LogP) is 6.51. The highest BCUT2D eigenvalue weighted by Crippen LogP contribution is 2.28. The van der Waals surface area contributed by atoms with Gasteiger partial charge >= 0.3 is 0 Å². The molecule has 2 heterocycles. The summed E-state index contributed by atoms with van der Waals surface area (Å²) in [7, 11) is 0. The standard InChI is InChI=1S/C30H25N3O/c1-20-12-21(2)14-26(13-20)27-16-28(29(32-19-27)25-8-5-11-31-18-25)30(34)33-17-22-9-10-23-6-3-4-7-24(23)15-22/h3-16,18-19H,17H2,1-2H3,(H,33,34). The number of fused-ring (bicyclic) bond motifs is 1. The fourth-order valence-electron chi connectivity index (χ4n) is 4.30. The van der Waals surface area contributed by atoms with Crippen molar-refractivity contribution in [3.8, 4) is 22.4 Å². The number of rotatable bonds is 5. The highest BCUT2D eigenvalue weighted by molar-refractivity contribution is 6.01. The summed E-state index contributed by atoms with van der Waals surface area (Å²) in [5.74, 6) is -0.161. The molecule has 5 aromatic rings. The van der Waals surface area contributed by atoms with Gasteiger partial charge in [0.05, 0.1) is 11.3 Å². The Hall–Kier alpha value is -4.31. The molecule has 0 atom stereocenters. The van der Waals surface area contributed by atoms with Crippen molar-refractivity contribution >= 4 is 16.7 Å². The SMILES string of the molecule is Cc1cc(C)cc(-c2cnc(-c3cccnc3)c(C(=O)NCc3ccc4ccccc4c3)c2)c1. The molecule has 34 heavy (non-hydrogen) atoms. The molecule has 0 unspecified atom stereocenters. The Labute approximate surface area is 199 Å². The lowest BCUT2D eigenvalue weighted by Gasteiger charge is -2.13. The predicted molar refractivity (Wildman–Crippen MR) is 137 cm³/mol. The van der Waals surface area contributed by atoms with Gasteiger partial charge in [-0.05, 0) is 60.0 Å². The van der Waals surface area contributed by atoms with Crippen molar-refractivity contribution in [2.45, 2.75) is 20.4 Å². The number of aromatic nitrogens is 2. The lowest BCUT2D eigenvalue weighted by molar-refractivity contribution is 0.0951. The van der Waals surface area contributed by atoms with E-state index in [0.29, 0.717) is 17.8 Å². The largest absolute Gasteiger partial charge is 0.348 e. The van der Waals surface area contributed by atoms with Crippen LogP contribution in [0.4, 0.5) is 0 Å². The summed E-state index contributed by atoms with van der Waals surface area (Å²) in [5, 5.41) is 5.43. The smallest absolute Gasteiger partial charge is 0.253 e. The van der Waals surface area contributed by atoms with Crippen LogP contribution in [0.15, 0.2) is 97.5 Å². The van der Waals surface area contributed by atoms with Gasteiger partial charge < -0.3 is 5.32 Å². The number of pyridine rings is 2. The Balaban J connectivity index is 1.49. The zero-order chi connectivity index (χ0) is 23.5. The first-order valence-electron chi connectivity index (χ1n) is 11.3. The molecule has 0 aliphatic heterocycles. The van der Waals surface area contributed by atoms with Crippen LogP contribution in [0.5, 0.6) is 0 Å². The van der Waals surface area contributed by atoms with Crippen molar-refractivity contribution in [2.24, 2.45) is 0 Å². The van der Waals surface area contributed by atoms with Gasteiger partial charge in [-0.2, -0.15) is 0 Å². The number of nitrogens with zero attached hydrogens (tertiary/aromatic N) is 2. The molecule has 0 aliphatic rings. The van der Waals surface area contributed by atoms with Crippen LogP contribution in [0.2, 0.25) is 0 Å². The number of carbonyl (C=O) groups is 1.